The Labute approximate surface area is 118 Å². The van der Waals surface area contributed by atoms with Gasteiger partial charge in [0.15, 0.2) is 0 Å². The van der Waals surface area contributed by atoms with Crippen LogP contribution in [0.15, 0.2) is 30.3 Å². The number of ether oxygens (including phenoxy) is 1. The van der Waals surface area contributed by atoms with Gasteiger partial charge in [0.2, 0.25) is 11.8 Å². The SMILES string of the molecule is CN(CCOc1ccccc1)C(=O)C1CCC(=O)NC1. The number of hydrogen-bond acceptors (Lipinski definition) is 3. The highest BCUT2D eigenvalue weighted by Crippen LogP contribution is 2.13. The normalized spacial score (nSPS) is 18.2. The molecule has 1 fully saturated rings. The molecule has 1 atom stereocenters. The van der Waals surface area contributed by atoms with Gasteiger partial charge in [-0.3, -0.25) is 9.59 Å². The Morgan fingerprint density at radius 3 is 2.80 bits per heavy atom. The molecule has 1 saturated heterocycles. The molecule has 0 aliphatic carbocycles. The topological polar surface area (TPSA) is 58.6 Å². The molecule has 0 spiro atoms. The third-order valence-corrected chi connectivity index (χ3v) is 3.43. The Hall–Kier alpha value is -2.04. The summed E-state index contributed by atoms with van der Waals surface area (Å²) in [6.07, 6.45) is 1.07. The van der Waals surface area contributed by atoms with Crippen molar-refractivity contribution in [1.29, 1.82) is 0 Å². The maximum Gasteiger partial charge on any atom is 0.227 e. The van der Waals surface area contributed by atoms with Crippen molar-refractivity contribution < 1.29 is 14.3 Å². The highest BCUT2D eigenvalue weighted by atomic mass is 16.5. The lowest BCUT2D eigenvalue weighted by atomic mass is 9.98. The molecule has 1 aliphatic heterocycles. The molecule has 5 heteroatoms. The predicted octanol–water partition coefficient (Wildman–Crippen LogP) is 1.05. The average molecular weight is 276 g/mol. The fourth-order valence-corrected chi connectivity index (χ4v) is 2.18. The first-order chi connectivity index (χ1) is 9.66. The second kappa shape index (κ2) is 6.93. The van der Waals surface area contributed by atoms with Gasteiger partial charge in [-0.1, -0.05) is 18.2 Å². The Kier molecular flexibility index (Phi) is 4.98. The fraction of sp³-hybridized carbons (Fsp3) is 0.467. The molecule has 5 nitrogen and oxygen atoms in total. The number of hydrogen-bond donors (Lipinski definition) is 1. The zero-order chi connectivity index (χ0) is 14.4. The molecule has 108 valence electrons. The summed E-state index contributed by atoms with van der Waals surface area (Å²) in [5.74, 6) is 0.804. The van der Waals surface area contributed by atoms with E-state index < -0.39 is 0 Å². The highest BCUT2D eigenvalue weighted by molar-refractivity contribution is 5.83. The Morgan fingerprint density at radius 1 is 1.40 bits per heavy atom. The van der Waals surface area contributed by atoms with Gasteiger partial charge in [0, 0.05) is 20.0 Å². The van der Waals surface area contributed by atoms with Crippen LogP contribution in [0.3, 0.4) is 0 Å². The fourth-order valence-electron chi connectivity index (χ4n) is 2.18. The first-order valence-corrected chi connectivity index (χ1v) is 6.86. The van der Waals surface area contributed by atoms with Gasteiger partial charge in [0.1, 0.15) is 12.4 Å². The van der Waals surface area contributed by atoms with E-state index in [1.165, 1.54) is 0 Å². The van der Waals surface area contributed by atoms with E-state index in [9.17, 15) is 9.59 Å². The van der Waals surface area contributed by atoms with E-state index in [0.29, 0.717) is 32.5 Å². The van der Waals surface area contributed by atoms with Gasteiger partial charge in [0.25, 0.3) is 0 Å². The smallest absolute Gasteiger partial charge is 0.227 e. The van der Waals surface area contributed by atoms with Crippen molar-refractivity contribution in [2.24, 2.45) is 5.92 Å². The van der Waals surface area contributed by atoms with E-state index in [1.807, 2.05) is 30.3 Å². The van der Waals surface area contributed by atoms with Crippen LogP contribution in [0.4, 0.5) is 0 Å². The average Bonchev–Trinajstić information content (AvgIpc) is 2.48. The molecular formula is C15H20N2O3. The number of piperidine rings is 1. The van der Waals surface area contributed by atoms with Crippen LogP contribution in [0.25, 0.3) is 0 Å². The van der Waals surface area contributed by atoms with Crippen LogP contribution in [0, 0.1) is 5.92 Å². The number of carbonyl (C=O) groups is 2. The number of amides is 2. The lowest BCUT2D eigenvalue weighted by molar-refractivity contribution is -0.136. The zero-order valence-corrected chi connectivity index (χ0v) is 11.7. The van der Waals surface area contributed by atoms with Crippen LogP contribution in [-0.2, 0) is 9.59 Å². The summed E-state index contributed by atoms with van der Waals surface area (Å²) in [5, 5.41) is 2.73. The van der Waals surface area contributed by atoms with Gasteiger partial charge in [-0.15, -0.1) is 0 Å². The largest absolute Gasteiger partial charge is 0.492 e. The van der Waals surface area contributed by atoms with E-state index in [-0.39, 0.29) is 17.7 Å². The molecule has 1 unspecified atom stereocenters. The maximum atomic E-state index is 12.2. The van der Waals surface area contributed by atoms with Crippen molar-refractivity contribution in [3.05, 3.63) is 30.3 Å². The maximum absolute atomic E-state index is 12.2. The third kappa shape index (κ3) is 3.98. The summed E-state index contributed by atoms with van der Waals surface area (Å²) in [7, 11) is 1.77. The molecule has 1 aromatic carbocycles. The van der Waals surface area contributed by atoms with Gasteiger partial charge in [-0.2, -0.15) is 0 Å². The molecular weight excluding hydrogens is 256 g/mol. The van der Waals surface area contributed by atoms with Gasteiger partial charge >= 0.3 is 0 Å². The van der Waals surface area contributed by atoms with Crippen LogP contribution >= 0.6 is 0 Å². The molecule has 0 aromatic heterocycles. The number of nitrogens with one attached hydrogen (secondary N) is 1. The Balaban J connectivity index is 1.72. The minimum absolute atomic E-state index is 0.0316. The molecule has 0 bridgehead atoms. The standard InChI is InChI=1S/C15H20N2O3/c1-17(9-10-20-13-5-3-2-4-6-13)15(19)12-7-8-14(18)16-11-12/h2-6,12H,7-11H2,1H3,(H,16,18). The van der Waals surface area contributed by atoms with Crippen molar-refractivity contribution in [1.82, 2.24) is 10.2 Å². The first-order valence-electron chi connectivity index (χ1n) is 6.86. The van der Waals surface area contributed by atoms with E-state index >= 15 is 0 Å². The second-order valence-electron chi connectivity index (χ2n) is 4.96. The Morgan fingerprint density at radius 2 is 2.15 bits per heavy atom. The Bertz CT molecular complexity index is 451. The molecule has 20 heavy (non-hydrogen) atoms. The van der Waals surface area contributed by atoms with Crippen molar-refractivity contribution in [2.75, 3.05) is 26.7 Å². The summed E-state index contributed by atoms with van der Waals surface area (Å²) >= 11 is 0. The van der Waals surface area contributed by atoms with Crippen LogP contribution in [-0.4, -0.2) is 43.5 Å². The number of carbonyl (C=O) groups excluding carboxylic acids is 2. The van der Waals surface area contributed by atoms with E-state index in [2.05, 4.69) is 5.32 Å². The first kappa shape index (κ1) is 14.4. The molecule has 1 aliphatic rings. The van der Waals surface area contributed by atoms with Crippen molar-refractivity contribution in [2.45, 2.75) is 12.8 Å². The van der Waals surface area contributed by atoms with Crippen LogP contribution in [0.5, 0.6) is 5.75 Å². The molecule has 1 heterocycles. The summed E-state index contributed by atoms with van der Waals surface area (Å²) in [5.41, 5.74) is 0. The lowest BCUT2D eigenvalue weighted by Gasteiger charge is -2.26. The summed E-state index contributed by atoms with van der Waals surface area (Å²) in [6.45, 7) is 1.45. The van der Waals surface area contributed by atoms with Crippen LogP contribution in [0.2, 0.25) is 0 Å². The minimum atomic E-state index is -0.102. The molecule has 1 N–H and O–H groups in total. The molecule has 0 radical (unpaired) electrons. The van der Waals surface area contributed by atoms with E-state index in [0.717, 1.165) is 5.75 Å². The van der Waals surface area contributed by atoms with E-state index in [4.69, 9.17) is 4.74 Å². The quantitative estimate of drug-likeness (QED) is 0.874. The molecule has 2 rings (SSSR count). The van der Waals surface area contributed by atoms with E-state index in [1.54, 1.807) is 11.9 Å². The number of likely N-dealkylation sites (N-methyl/N-ethyl adjacent to an activating group) is 1. The molecule has 1 aromatic rings. The summed E-state index contributed by atoms with van der Waals surface area (Å²) in [4.78, 5) is 24.9. The van der Waals surface area contributed by atoms with Crippen molar-refractivity contribution in [3.63, 3.8) is 0 Å². The second-order valence-corrected chi connectivity index (χ2v) is 4.96. The number of rotatable bonds is 5. The zero-order valence-electron chi connectivity index (χ0n) is 11.7. The minimum Gasteiger partial charge on any atom is -0.492 e. The van der Waals surface area contributed by atoms with Gasteiger partial charge in [-0.25, -0.2) is 0 Å². The van der Waals surface area contributed by atoms with Crippen molar-refractivity contribution in [3.8, 4) is 5.75 Å². The number of nitrogens with zero attached hydrogens (tertiary/aromatic N) is 1. The van der Waals surface area contributed by atoms with Gasteiger partial charge in [-0.05, 0) is 18.6 Å². The van der Waals surface area contributed by atoms with Gasteiger partial charge < -0.3 is 15.0 Å². The van der Waals surface area contributed by atoms with Gasteiger partial charge in [0.05, 0.1) is 12.5 Å². The number of para-hydroxylation sites is 1. The summed E-state index contributed by atoms with van der Waals surface area (Å²) in [6, 6.07) is 9.53. The van der Waals surface area contributed by atoms with Crippen molar-refractivity contribution >= 4 is 11.8 Å². The predicted molar refractivity (Wildman–Crippen MR) is 75.3 cm³/mol. The van der Waals surface area contributed by atoms with Crippen LogP contribution in [0.1, 0.15) is 12.8 Å². The van der Waals surface area contributed by atoms with Crippen LogP contribution < -0.4 is 10.1 Å². The monoisotopic (exact) mass is 276 g/mol. The summed E-state index contributed by atoms with van der Waals surface area (Å²) < 4.78 is 5.57. The highest BCUT2D eigenvalue weighted by Gasteiger charge is 2.26. The lowest BCUT2D eigenvalue weighted by Crippen LogP contribution is -2.44. The third-order valence-electron chi connectivity index (χ3n) is 3.43. The number of benzene rings is 1. The molecule has 0 saturated carbocycles. The molecule has 2 amide bonds.